The first-order valence-electron chi connectivity index (χ1n) is 11.1. The Morgan fingerprint density at radius 3 is 2.88 bits per heavy atom. The van der Waals surface area contributed by atoms with Crippen molar-refractivity contribution in [3.05, 3.63) is 47.9 Å². The van der Waals surface area contributed by atoms with Gasteiger partial charge in [0.2, 0.25) is 5.88 Å². The highest BCUT2D eigenvalue weighted by Crippen LogP contribution is 2.23. The second kappa shape index (κ2) is 8.97. The summed E-state index contributed by atoms with van der Waals surface area (Å²) in [4.78, 5) is 25.6. The molecule has 10 heteroatoms. The van der Waals surface area contributed by atoms with Crippen LogP contribution in [0.4, 0.5) is 5.82 Å². The summed E-state index contributed by atoms with van der Waals surface area (Å²) >= 11 is 0. The van der Waals surface area contributed by atoms with Crippen molar-refractivity contribution in [3.8, 4) is 5.88 Å². The van der Waals surface area contributed by atoms with Gasteiger partial charge in [-0.25, -0.2) is 9.97 Å². The standard InChI is InChI=1S/C22H27N7O3/c1-16-11-25-29(12-16)14-18-9-19(26-32-18)22(30)28-8-5-17(13-28)31-21-10-20(23-15-24-21)27-6-3-2-4-7-27/h9-12,15,17H,2-8,13-14H2,1H3. The van der Waals surface area contributed by atoms with Crippen LogP contribution in [0.3, 0.4) is 0 Å². The molecule has 0 radical (unpaired) electrons. The van der Waals surface area contributed by atoms with Crippen LogP contribution in [0, 0.1) is 6.92 Å². The molecule has 168 valence electrons. The molecule has 0 saturated carbocycles. The van der Waals surface area contributed by atoms with E-state index in [1.54, 1.807) is 28.2 Å². The Hall–Kier alpha value is -3.43. The minimum Gasteiger partial charge on any atom is -0.472 e. The van der Waals surface area contributed by atoms with E-state index in [0.717, 1.165) is 30.9 Å². The second-order valence-electron chi connectivity index (χ2n) is 8.44. The average molecular weight is 438 g/mol. The minimum absolute atomic E-state index is 0.110. The molecule has 0 N–H and O–H groups in total. The minimum atomic E-state index is -0.153. The first-order chi connectivity index (χ1) is 15.6. The molecule has 5 rings (SSSR count). The molecule has 3 aromatic rings. The number of hydrogen-bond donors (Lipinski definition) is 0. The van der Waals surface area contributed by atoms with Gasteiger partial charge in [-0.3, -0.25) is 9.48 Å². The molecule has 2 saturated heterocycles. The summed E-state index contributed by atoms with van der Waals surface area (Å²) in [5.74, 6) is 1.90. The third-order valence-electron chi connectivity index (χ3n) is 5.89. The van der Waals surface area contributed by atoms with E-state index in [-0.39, 0.29) is 12.0 Å². The van der Waals surface area contributed by atoms with Crippen molar-refractivity contribution in [2.45, 2.75) is 45.3 Å². The summed E-state index contributed by atoms with van der Waals surface area (Å²) in [6.45, 7) is 5.54. The lowest BCUT2D eigenvalue weighted by molar-refractivity contribution is 0.0761. The van der Waals surface area contributed by atoms with E-state index in [1.807, 2.05) is 19.2 Å². The van der Waals surface area contributed by atoms with Gasteiger partial charge in [-0.05, 0) is 31.7 Å². The van der Waals surface area contributed by atoms with Crippen LogP contribution < -0.4 is 9.64 Å². The average Bonchev–Trinajstić information content (AvgIpc) is 3.56. The first-order valence-corrected chi connectivity index (χ1v) is 11.1. The number of piperidine rings is 1. The molecule has 0 aliphatic carbocycles. The van der Waals surface area contributed by atoms with Gasteiger partial charge in [0.05, 0.1) is 12.7 Å². The van der Waals surface area contributed by atoms with Gasteiger partial charge in [-0.15, -0.1) is 0 Å². The fraction of sp³-hybridized carbons (Fsp3) is 0.500. The van der Waals surface area contributed by atoms with Crippen LogP contribution in [0.15, 0.2) is 35.4 Å². The fourth-order valence-electron chi connectivity index (χ4n) is 4.23. The van der Waals surface area contributed by atoms with E-state index in [1.165, 1.54) is 19.3 Å². The maximum Gasteiger partial charge on any atom is 0.276 e. The van der Waals surface area contributed by atoms with E-state index in [4.69, 9.17) is 9.26 Å². The van der Waals surface area contributed by atoms with Crippen LogP contribution in [0.2, 0.25) is 0 Å². The summed E-state index contributed by atoms with van der Waals surface area (Å²) in [6, 6.07) is 3.58. The molecule has 0 aromatic carbocycles. The molecular formula is C22H27N7O3. The quantitative estimate of drug-likeness (QED) is 0.579. The molecule has 0 spiro atoms. The van der Waals surface area contributed by atoms with Gasteiger partial charge >= 0.3 is 0 Å². The molecule has 5 heterocycles. The third kappa shape index (κ3) is 4.58. The Kier molecular flexibility index (Phi) is 5.74. The molecule has 0 bridgehead atoms. The smallest absolute Gasteiger partial charge is 0.276 e. The van der Waals surface area contributed by atoms with Gasteiger partial charge in [-0.2, -0.15) is 5.10 Å². The molecule has 1 atom stereocenters. The van der Waals surface area contributed by atoms with Crippen molar-refractivity contribution < 1.29 is 14.1 Å². The number of amides is 1. The highest BCUT2D eigenvalue weighted by atomic mass is 16.5. The number of nitrogens with zero attached hydrogens (tertiary/aromatic N) is 7. The lowest BCUT2D eigenvalue weighted by Gasteiger charge is -2.27. The van der Waals surface area contributed by atoms with Gasteiger partial charge in [0.25, 0.3) is 5.91 Å². The number of carbonyl (C=O) groups excluding carboxylic acids is 1. The number of carbonyl (C=O) groups is 1. The highest BCUT2D eigenvalue weighted by Gasteiger charge is 2.30. The fourth-order valence-corrected chi connectivity index (χ4v) is 4.23. The van der Waals surface area contributed by atoms with Gasteiger partial charge < -0.3 is 19.1 Å². The number of aryl methyl sites for hydroxylation is 1. The molecule has 3 aromatic heterocycles. The van der Waals surface area contributed by atoms with Crippen molar-refractivity contribution >= 4 is 11.7 Å². The number of aromatic nitrogens is 5. The van der Waals surface area contributed by atoms with Gasteiger partial charge in [0.15, 0.2) is 11.5 Å². The Morgan fingerprint density at radius 2 is 2.06 bits per heavy atom. The van der Waals surface area contributed by atoms with E-state index in [2.05, 4.69) is 25.1 Å². The van der Waals surface area contributed by atoms with E-state index >= 15 is 0 Å². The second-order valence-corrected chi connectivity index (χ2v) is 8.44. The Bertz CT molecular complexity index is 1070. The van der Waals surface area contributed by atoms with Crippen LogP contribution in [0.5, 0.6) is 5.88 Å². The monoisotopic (exact) mass is 437 g/mol. The number of ether oxygens (including phenoxy) is 1. The van der Waals surface area contributed by atoms with E-state index in [9.17, 15) is 4.79 Å². The van der Waals surface area contributed by atoms with Gasteiger partial charge in [-0.1, -0.05) is 5.16 Å². The molecular weight excluding hydrogens is 410 g/mol. The number of likely N-dealkylation sites (tertiary alicyclic amines) is 1. The zero-order valence-electron chi connectivity index (χ0n) is 18.2. The lowest BCUT2D eigenvalue weighted by Crippen LogP contribution is -2.31. The summed E-state index contributed by atoms with van der Waals surface area (Å²) in [6.07, 6.45) is 9.52. The first kappa shape index (κ1) is 20.5. The van der Waals surface area contributed by atoms with Crippen molar-refractivity contribution in [1.29, 1.82) is 0 Å². The summed E-state index contributed by atoms with van der Waals surface area (Å²) in [7, 11) is 0. The SMILES string of the molecule is Cc1cnn(Cc2cc(C(=O)N3CCC(Oc4cc(N5CCCCC5)ncn4)C3)no2)c1. The van der Waals surface area contributed by atoms with Crippen molar-refractivity contribution in [3.63, 3.8) is 0 Å². The molecule has 1 unspecified atom stereocenters. The summed E-state index contributed by atoms with van der Waals surface area (Å²) < 4.78 is 13.2. The Balaban J connectivity index is 1.17. The zero-order chi connectivity index (χ0) is 21.9. The van der Waals surface area contributed by atoms with Crippen molar-refractivity contribution in [2.24, 2.45) is 0 Å². The molecule has 1 amide bonds. The molecule has 2 fully saturated rings. The van der Waals surface area contributed by atoms with Gasteiger partial charge in [0, 0.05) is 44.4 Å². The molecule has 32 heavy (non-hydrogen) atoms. The van der Waals surface area contributed by atoms with Crippen LogP contribution in [0.1, 0.15) is 47.5 Å². The maximum atomic E-state index is 12.9. The number of anilines is 1. The lowest BCUT2D eigenvalue weighted by atomic mass is 10.1. The van der Waals surface area contributed by atoms with Crippen molar-refractivity contribution in [2.75, 3.05) is 31.1 Å². The van der Waals surface area contributed by atoms with Crippen LogP contribution in [-0.2, 0) is 6.54 Å². The predicted octanol–water partition coefficient (Wildman–Crippen LogP) is 2.30. The number of hydrogen-bond acceptors (Lipinski definition) is 8. The summed E-state index contributed by atoms with van der Waals surface area (Å²) in [5, 5.41) is 8.19. The normalized spacial score (nSPS) is 18.8. The predicted molar refractivity (Wildman–Crippen MR) is 116 cm³/mol. The molecule has 2 aliphatic rings. The topological polar surface area (TPSA) is 102 Å². The largest absolute Gasteiger partial charge is 0.472 e. The highest BCUT2D eigenvalue weighted by molar-refractivity contribution is 5.92. The number of rotatable bonds is 6. The van der Waals surface area contributed by atoms with Crippen LogP contribution >= 0.6 is 0 Å². The van der Waals surface area contributed by atoms with E-state index < -0.39 is 0 Å². The molecule has 2 aliphatic heterocycles. The van der Waals surface area contributed by atoms with Gasteiger partial charge in [0.1, 0.15) is 24.8 Å². The van der Waals surface area contributed by atoms with E-state index in [0.29, 0.717) is 37.0 Å². The van der Waals surface area contributed by atoms with Crippen LogP contribution in [-0.4, -0.2) is 68.0 Å². The van der Waals surface area contributed by atoms with Crippen LogP contribution in [0.25, 0.3) is 0 Å². The summed E-state index contributed by atoms with van der Waals surface area (Å²) in [5.41, 5.74) is 1.37. The molecule has 10 nitrogen and oxygen atoms in total. The Morgan fingerprint density at radius 1 is 1.19 bits per heavy atom. The maximum absolute atomic E-state index is 12.9. The third-order valence-corrected chi connectivity index (χ3v) is 5.89. The van der Waals surface area contributed by atoms with Crippen molar-refractivity contribution in [1.82, 2.24) is 29.8 Å². The zero-order valence-corrected chi connectivity index (χ0v) is 18.2. The Labute approximate surface area is 186 Å².